The van der Waals surface area contributed by atoms with Crippen LogP contribution in [0.25, 0.3) is 0 Å². The Kier molecular flexibility index (Phi) is 5.46. The highest BCUT2D eigenvalue weighted by molar-refractivity contribution is 6.32. The normalized spacial score (nSPS) is 13.9. The first-order chi connectivity index (χ1) is 13.3. The van der Waals surface area contributed by atoms with E-state index in [9.17, 15) is 19.2 Å². The maximum absolute atomic E-state index is 12.7. The first-order valence-electron chi connectivity index (χ1n) is 8.35. The second kappa shape index (κ2) is 7.82. The maximum atomic E-state index is 12.7. The lowest BCUT2D eigenvalue weighted by molar-refractivity contribution is -0.145. The molecule has 28 heavy (non-hydrogen) atoms. The van der Waals surface area contributed by atoms with Gasteiger partial charge >= 0.3 is 11.9 Å². The van der Waals surface area contributed by atoms with Crippen molar-refractivity contribution in [3.8, 4) is 5.75 Å². The number of carbonyl (C=O) groups excluding carboxylic acids is 4. The summed E-state index contributed by atoms with van der Waals surface area (Å²) in [6.07, 6.45) is -0.00177. The Morgan fingerprint density at radius 3 is 2.18 bits per heavy atom. The molecule has 0 aliphatic carbocycles. The second-order valence-corrected chi connectivity index (χ2v) is 6.53. The molecule has 0 unspecified atom stereocenters. The molecule has 8 heteroatoms. The van der Waals surface area contributed by atoms with Crippen molar-refractivity contribution < 1.29 is 28.7 Å². The summed E-state index contributed by atoms with van der Waals surface area (Å²) < 4.78 is 9.78. The van der Waals surface area contributed by atoms with Gasteiger partial charge in [0.25, 0.3) is 11.8 Å². The molecular weight excluding hydrogens is 386 g/mol. The number of rotatable bonds is 5. The summed E-state index contributed by atoms with van der Waals surface area (Å²) >= 11 is 6.12. The molecule has 1 aliphatic heterocycles. The number of ether oxygens (including phenoxy) is 2. The molecule has 0 spiro atoms. The molecule has 3 rings (SSSR count). The number of imide groups is 1. The van der Waals surface area contributed by atoms with Gasteiger partial charge in [0.1, 0.15) is 11.8 Å². The van der Waals surface area contributed by atoms with Gasteiger partial charge in [-0.25, -0.2) is 4.79 Å². The molecule has 1 heterocycles. The van der Waals surface area contributed by atoms with Crippen molar-refractivity contribution in [1.82, 2.24) is 4.90 Å². The Balaban J connectivity index is 1.92. The van der Waals surface area contributed by atoms with E-state index in [0.29, 0.717) is 5.56 Å². The lowest BCUT2D eigenvalue weighted by Gasteiger charge is -2.24. The van der Waals surface area contributed by atoms with E-state index >= 15 is 0 Å². The smallest absolute Gasteiger partial charge is 0.329 e. The minimum Gasteiger partial charge on any atom is -0.467 e. The predicted octanol–water partition coefficient (Wildman–Crippen LogP) is 2.65. The summed E-state index contributed by atoms with van der Waals surface area (Å²) in [5.74, 6) is -2.19. The fourth-order valence-corrected chi connectivity index (χ4v) is 3.28. The van der Waals surface area contributed by atoms with E-state index in [0.717, 1.165) is 4.90 Å². The molecule has 2 amide bonds. The summed E-state index contributed by atoms with van der Waals surface area (Å²) in [5, 5.41) is 0.165. The number of nitrogens with zero attached hydrogens (tertiary/aromatic N) is 1. The van der Waals surface area contributed by atoms with Crippen molar-refractivity contribution in [3.05, 3.63) is 64.2 Å². The summed E-state index contributed by atoms with van der Waals surface area (Å²) in [7, 11) is 1.18. The standard InChI is InChI=1S/C20H16ClNO6/c1-11(23)28-17-8-7-12(9-15(17)21)10-16(20(26)27-2)22-18(24)13-5-3-4-6-14(13)19(22)25/h3-9,16H,10H2,1-2H3/t16-/m0/s1. The average molecular weight is 402 g/mol. The van der Waals surface area contributed by atoms with E-state index in [1.807, 2.05) is 0 Å². The van der Waals surface area contributed by atoms with Crippen LogP contribution >= 0.6 is 11.6 Å². The number of hydrogen-bond donors (Lipinski definition) is 0. The quantitative estimate of drug-likeness (QED) is 0.434. The van der Waals surface area contributed by atoms with Crippen molar-refractivity contribution in [2.75, 3.05) is 7.11 Å². The second-order valence-electron chi connectivity index (χ2n) is 6.13. The molecule has 1 atom stereocenters. The fraction of sp³-hybridized carbons (Fsp3) is 0.200. The minimum atomic E-state index is -1.16. The number of fused-ring (bicyclic) bond motifs is 1. The molecule has 0 saturated heterocycles. The number of carbonyl (C=O) groups is 4. The maximum Gasteiger partial charge on any atom is 0.329 e. The molecule has 0 aromatic heterocycles. The van der Waals surface area contributed by atoms with E-state index < -0.39 is 29.8 Å². The Hall–Kier alpha value is -3.19. The van der Waals surface area contributed by atoms with Gasteiger partial charge in [-0.05, 0) is 29.8 Å². The summed E-state index contributed by atoms with van der Waals surface area (Å²) in [4.78, 5) is 49.8. The Labute approximate surface area is 165 Å². The van der Waals surface area contributed by atoms with Crippen LogP contribution in [0, 0.1) is 0 Å². The predicted molar refractivity (Wildman–Crippen MR) is 99.2 cm³/mol. The molecule has 2 aromatic rings. The Morgan fingerprint density at radius 2 is 1.68 bits per heavy atom. The van der Waals surface area contributed by atoms with Crippen LogP contribution < -0.4 is 4.74 Å². The fourth-order valence-electron chi connectivity index (χ4n) is 3.04. The van der Waals surface area contributed by atoms with Crippen molar-refractivity contribution in [3.63, 3.8) is 0 Å². The van der Waals surface area contributed by atoms with Crippen LogP contribution in [0.15, 0.2) is 42.5 Å². The monoisotopic (exact) mass is 401 g/mol. The van der Waals surface area contributed by atoms with Crippen molar-refractivity contribution in [2.45, 2.75) is 19.4 Å². The topological polar surface area (TPSA) is 90.0 Å². The van der Waals surface area contributed by atoms with Crippen LogP contribution in [0.3, 0.4) is 0 Å². The molecule has 0 fully saturated rings. The van der Waals surface area contributed by atoms with Crippen molar-refractivity contribution >= 4 is 35.4 Å². The van der Waals surface area contributed by atoms with Gasteiger partial charge in [-0.1, -0.05) is 29.8 Å². The molecule has 0 N–H and O–H groups in total. The Bertz CT molecular complexity index is 951. The van der Waals surface area contributed by atoms with E-state index in [1.54, 1.807) is 18.2 Å². The van der Waals surface area contributed by atoms with Crippen molar-refractivity contribution in [2.24, 2.45) is 0 Å². The molecule has 0 radical (unpaired) electrons. The summed E-state index contributed by atoms with van der Waals surface area (Å²) in [6.45, 7) is 1.25. The van der Waals surface area contributed by atoms with Gasteiger partial charge in [0.05, 0.1) is 23.3 Å². The van der Waals surface area contributed by atoms with E-state index in [4.69, 9.17) is 21.1 Å². The molecule has 2 aromatic carbocycles. The first-order valence-corrected chi connectivity index (χ1v) is 8.73. The lowest BCUT2D eigenvalue weighted by atomic mass is 10.0. The molecule has 0 saturated carbocycles. The molecular formula is C20H16ClNO6. The van der Waals surface area contributed by atoms with Crippen molar-refractivity contribution in [1.29, 1.82) is 0 Å². The van der Waals surface area contributed by atoms with E-state index in [-0.39, 0.29) is 28.3 Å². The number of benzene rings is 2. The third-order valence-corrected chi connectivity index (χ3v) is 4.58. The summed E-state index contributed by atoms with van der Waals surface area (Å²) in [5.41, 5.74) is 1.04. The number of hydrogen-bond acceptors (Lipinski definition) is 6. The first kappa shape index (κ1) is 19.6. The number of esters is 2. The third-order valence-electron chi connectivity index (χ3n) is 4.29. The van der Waals surface area contributed by atoms with E-state index in [2.05, 4.69) is 0 Å². The molecule has 7 nitrogen and oxygen atoms in total. The Morgan fingerprint density at radius 1 is 1.07 bits per heavy atom. The van der Waals surface area contributed by atoms with Gasteiger partial charge in [0.2, 0.25) is 0 Å². The average Bonchev–Trinajstić information content (AvgIpc) is 2.92. The van der Waals surface area contributed by atoms with Gasteiger partial charge in [-0.2, -0.15) is 0 Å². The SMILES string of the molecule is COC(=O)[C@H](Cc1ccc(OC(C)=O)c(Cl)c1)N1C(=O)c2ccccc2C1=O. The molecule has 0 bridgehead atoms. The zero-order valence-corrected chi connectivity index (χ0v) is 15.9. The third kappa shape index (κ3) is 3.61. The van der Waals surface area contributed by atoms with E-state index in [1.165, 1.54) is 38.3 Å². The number of amides is 2. The number of halogens is 1. The zero-order chi connectivity index (χ0) is 20.4. The largest absolute Gasteiger partial charge is 0.467 e. The summed E-state index contributed by atoms with van der Waals surface area (Å²) in [6, 6.07) is 9.79. The van der Waals surface area contributed by atoms with Gasteiger partial charge in [0.15, 0.2) is 0 Å². The van der Waals surface area contributed by atoms with Crippen LogP contribution in [0.2, 0.25) is 5.02 Å². The minimum absolute atomic E-state index is 0.00177. The van der Waals surface area contributed by atoms with Gasteiger partial charge < -0.3 is 9.47 Å². The van der Waals surface area contributed by atoms with Crippen LogP contribution in [-0.4, -0.2) is 41.8 Å². The highest BCUT2D eigenvalue weighted by Crippen LogP contribution is 2.29. The van der Waals surface area contributed by atoms with Crippen LogP contribution in [0.1, 0.15) is 33.2 Å². The highest BCUT2D eigenvalue weighted by Gasteiger charge is 2.43. The zero-order valence-electron chi connectivity index (χ0n) is 15.1. The molecule has 1 aliphatic rings. The van der Waals surface area contributed by atoms with Crippen LogP contribution in [-0.2, 0) is 20.7 Å². The van der Waals surface area contributed by atoms with Gasteiger partial charge in [0, 0.05) is 13.3 Å². The molecule has 144 valence electrons. The number of methoxy groups -OCH3 is 1. The van der Waals surface area contributed by atoms with Gasteiger partial charge in [-0.15, -0.1) is 0 Å². The highest BCUT2D eigenvalue weighted by atomic mass is 35.5. The van der Waals surface area contributed by atoms with Crippen LogP contribution in [0.4, 0.5) is 0 Å². The van der Waals surface area contributed by atoms with Gasteiger partial charge in [-0.3, -0.25) is 19.3 Å². The van der Waals surface area contributed by atoms with Crippen LogP contribution in [0.5, 0.6) is 5.75 Å². The lowest BCUT2D eigenvalue weighted by Crippen LogP contribution is -2.46.